The fourth-order valence-electron chi connectivity index (χ4n) is 0. The Balaban J connectivity index is 0. The van der Waals surface area contributed by atoms with Crippen LogP contribution in [0.3, 0.4) is 0 Å². The molecular formula is C3H7Pd-. The summed E-state index contributed by atoms with van der Waals surface area (Å²) in [6, 6.07) is 0. The van der Waals surface area contributed by atoms with Crippen LogP contribution in [0.5, 0.6) is 0 Å². The van der Waals surface area contributed by atoms with E-state index in [1.807, 2.05) is 20.3 Å². The van der Waals surface area contributed by atoms with Gasteiger partial charge in [-0.25, -0.2) is 0 Å². The van der Waals surface area contributed by atoms with Gasteiger partial charge in [-0.15, -0.1) is 0 Å². The molecule has 0 fully saturated rings. The van der Waals surface area contributed by atoms with Gasteiger partial charge in [0, 0.05) is 20.4 Å². The molecule has 0 saturated carbocycles. The molecule has 30 valence electrons. The van der Waals surface area contributed by atoms with Crippen LogP contribution in [-0.4, -0.2) is 0 Å². The second kappa shape index (κ2) is 9.39. The van der Waals surface area contributed by atoms with Gasteiger partial charge in [0.15, 0.2) is 0 Å². The predicted molar refractivity (Wildman–Crippen MR) is 15.6 cm³/mol. The third kappa shape index (κ3) is 16.8. The minimum absolute atomic E-state index is 0. The zero-order chi connectivity index (χ0) is 2.71. The molecular weight excluding hydrogens is 142 g/mol. The Bertz CT molecular complexity index is 3.25. The maximum atomic E-state index is 2.00. The van der Waals surface area contributed by atoms with E-state index in [0.717, 1.165) is 0 Å². The standard InChI is InChI=1S/C3H7.Pd/c1-3-2;/h3H,1-2H3;/q-1;. The summed E-state index contributed by atoms with van der Waals surface area (Å²) in [5, 5.41) is 0. The molecule has 0 unspecified atom stereocenters. The Hall–Kier alpha value is 0.662. The molecule has 0 aliphatic carbocycles. The average molecular weight is 150 g/mol. The van der Waals surface area contributed by atoms with Gasteiger partial charge in [0.2, 0.25) is 0 Å². The molecule has 1 heteroatoms. The fraction of sp³-hybridized carbons (Fsp3) is 0.667. The Labute approximate surface area is 41.2 Å². The van der Waals surface area contributed by atoms with Gasteiger partial charge >= 0.3 is 0 Å². The van der Waals surface area contributed by atoms with Crippen LogP contribution in [0.25, 0.3) is 0 Å². The number of hydrogen-bond donors (Lipinski definition) is 0. The first-order valence-electron chi connectivity index (χ1n) is 1.15. The summed E-state index contributed by atoms with van der Waals surface area (Å²) in [5.41, 5.74) is 0. The van der Waals surface area contributed by atoms with E-state index >= 15 is 0 Å². The van der Waals surface area contributed by atoms with E-state index < -0.39 is 0 Å². The Morgan fingerprint density at radius 1 is 1.25 bits per heavy atom. The number of hydrogen-bond acceptors (Lipinski definition) is 0. The van der Waals surface area contributed by atoms with Gasteiger partial charge in [0.1, 0.15) is 0 Å². The fourth-order valence-corrected chi connectivity index (χ4v) is 0. The Morgan fingerprint density at radius 3 is 1.25 bits per heavy atom. The van der Waals surface area contributed by atoms with Crippen LogP contribution in [0.15, 0.2) is 0 Å². The zero-order valence-corrected chi connectivity index (χ0v) is 4.45. The van der Waals surface area contributed by atoms with Crippen molar-refractivity contribution in [2.75, 3.05) is 0 Å². The topological polar surface area (TPSA) is 0 Å². The van der Waals surface area contributed by atoms with Crippen LogP contribution in [0, 0.1) is 6.42 Å². The van der Waals surface area contributed by atoms with Crippen molar-refractivity contribution in [3.05, 3.63) is 6.42 Å². The monoisotopic (exact) mass is 149 g/mol. The van der Waals surface area contributed by atoms with Gasteiger partial charge in [-0.3, -0.25) is 0 Å². The molecule has 4 heavy (non-hydrogen) atoms. The number of rotatable bonds is 0. The van der Waals surface area contributed by atoms with E-state index in [1.54, 1.807) is 0 Å². The third-order valence-corrected chi connectivity index (χ3v) is 0. The zero-order valence-electron chi connectivity index (χ0n) is 2.89. The molecule has 0 aromatic rings. The van der Waals surface area contributed by atoms with Crippen LogP contribution in [0.4, 0.5) is 0 Å². The Morgan fingerprint density at radius 2 is 1.25 bits per heavy atom. The summed E-state index contributed by atoms with van der Waals surface area (Å²) in [6.45, 7) is 4.00. The van der Waals surface area contributed by atoms with Gasteiger partial charge in [-0.05, 0) is 0 Å². The molecule has 0 aliphatic rings. The maximum absolute atomic E-state index is 2.00. The van der Waals surface area contributed by atoms with Crippen molar-refractivity contribution in [2.24, 2.45) is 0 Å². The van der Waals surface area contributed by atoms with E-state index in [-0.39, 0.29) is 20.4 Å². The third-order valence-electron chi connectivity index (χ3n) is 0. The average Bonchev–Trinajstić information content (AvgIpc) is 0.918. The molecule has 0 rings (SSSR count). The summed E-state index contributed by atoms with van der Waals surface area (Å²) in [4.78, 5) is 0. The first kappa shape index (κ1) is 8.82. The van der Waals surface area contributed by atoms with Crippen LogP contribution in [-0.2, 0) is 20.4 Å². The van der Waals surface area contributed by atoms with E-state index in [0.29, 0.717) is 0 Å². The first-order valence-corrected chi connectivity index (χ1v) is 1.15. The molecule has 0 aromatic heterocycles. The maximum Gasteiger partial charge on any atom is 0 e. The van der Waals surface area contributed by atoms with Gasteiger partial charge < -0.3 is 6.42 Å². The van der Waals surface area contributed by atoms with E-state index in [1.165, 1.54) is 0 Å². The minimum atomic E-state index is 0. The van der Waals surface area contributed by atoms with Crippen LogP contribution < -0.4 is 0 Å². The first-order chi connectivity index (χ1) is 1.41. The summed E-state index contributed by atoms with van der Waals surface area (Å²) < 4.78 is 0. The van der Waals surface area contributed by atoms with Gasteiger partial charge in [0.05, 0.1) is 0 Å². The summed E-state index contributed by atoms with van der Waals surface area (Å²) in [5.74, 6) is 0. The van der Waals surface area contributed by atoms with Crippen molar-refractivity contribution >= 4 is 0 Å². The predicted octanol–water partition coefficient (Wildman–Crippen LogP) is 1.23. The van der Waals surface area contributed by atoms with Crippen molar-refractivity contribution < 1.29 is 20.4 Å². The molecule has 0 heterocycles. The molecule has 0 N–H and O–H groups in total. The summed E-state index contributed by atoms with van der Waals surface area (Å²) >= 11 is 0. The van der Waals surface area contributed by atoms with Crippen LogP contribution >= 0.6 is 0 Å². The van der Waals surface area contributed by atoms with Gasteiger partial charge in [-0.1, -0.05) is 0 Å². The van der Waals surface area contributed by atoms with Crippen LogP contribution in [0.2, 0.25) is 0 Å². The summed E-state index contributed by atoms with van der Waals surface area (Å²) in [7, 11) is 0. The van der Waals surface area contributed by atoms with E-state index in [9.17, 15) is 0 Å². The SMILES string of the molecule is C[CH-]C.[Pd]. The van der Waals surface area contributed by atoms with Crippen molar-refractivity contribution in [1.82, 2.24) is 0 Å². The normalized spacial score (nSPS) is 4.50. The Kier molecular flexibility index (Phi) is 20.7. The molecule has 0 spiro atoms. The van der Waals surface area contributed by atoms with Crippen molar-refractivity contribution in [3.8, 4) is 0 Å². The van der Waals surface area contributed by atoms with Crippen molar-refractivity contribution in [1.29, 1.82) is 0 Å². The molecule has 0 nitrogen and oxygen atoms in total. The molecule has 0 atom stereocenters. The van der Waals surface area contributed by atoms with Gasteiger partial charge in [-0.2, -0.15) is 13.8 Å². The van der Waals surface area contributed by atoms with Crippen LogP contribution in [0.1, 0.15) is 13.8 Å². The molecule has 0 aromatic carbocycles. The molecule has 0 radical (unpaired) electrons. The second-order valence-corrected chi connectivity index (χ2v) is 0.577. The molecule has 0 aliphatic heterocycles. The molecule has 0 amide bonds. The van der Waals surface area contributed by atoms with E-state index in [4.69, 9.17) is 0 Å². The molecule has 0 saturated heterocycles. The van der Waals surface area contributed by atoms with Gasteiger partial charge in [0.25, 0.3) is 0 Å². The second-order valence-electron chi connectivity index (χ2n) is 0.577. The van der Waals surface area contributed by atoms with E-state index in [2.05, 4.69) is 0 Å². The smallest absolute Gasteiger partial charge is 0 e. The largest absolute Gasteiger partial charge is 0.335 e. The quantitative estimate of drug-likeness (QED) is 0.359. The molecule has 0 bridgehead atoms. The van der Waals surface area contributed by atoms with Crippen molar-refractivity contribution in [2.45, 2.75) is 13.8 Å². The van der Waals surface area contributed by atoms with Crippen molar-refractivity contribution in [3.63, 3.8) is 0 Å². The minimum Gasteiger partial charge on any atom is -0.335 e. The summed E-state index contributed by atoms with van der Waals surface area (Å²) in [6.07, 6.45) is 2.00.